The minimum Gasteiger partial charge on any atom is -0.479 e. The van der Waals surface area contributed by atoms with Gasteiger partial charge in [0.25, 0.3) is 0 Å². The van der Waals surface area contributed by atoms with Gasteiger partial charge in [0.15, 0.2) is 6.10 Å². The Morgan fingerprint density at radius 3 is 2.35 bits per heavy atom. The number of hydrogen-bond donors (Lipinski definition) is 4. The average Bonchev–Trinajstić information content (AvgIpc) is 2.47. The molecule has 0 spiro atoms. The van der Waals surface area contributed by atoms with Crippen LogP contribution in [-0.4, -0.2) is 57.1 Å². The Labute approximate surface area is 134 Å². The second kappa shape index (κ2) is 6.45. The zero-order valence-electron chi connectivity index (χ0n) is 13.2. The molecule has 23 heavy (non-hydrogen) atoms. The number of aliphatic hydroxyl groups is 3. The van der Waals surface area contributed by atoms with E-state index >= 15 is 0 Å². The molecule has 4 N–H and O–H groups in total. The van der Waals surface area contributed by atoms with Crippen LogP contribution in [0.15, 0.2) is 24.3 Å². The number of carbonyl (C=O) groups is 1. The van der Waals surface area contributed by atoms with Crippen molar-refractivity contribution in [1.29, 1.82) is 0 Å². The van der Waals surface area contributed by atoms with Crippen LogP contribution in [0.2, 0.25) is 0 Å². The molecule has 2 rings (SSSR count). The molecule has 0 saturated carbocycles. The summed E-state index contributed by atoms with van der Waals surface area (Å²) in [4.78, 5) is 11.1. The van der Waals surface area contributed by atoms with Crippen LogP contribution in [-0.2, 0) is 14.9 Å². The fourth-order valence-corrected chi connectivity index (χ4v) is 2.32. The molecule has 1 saturated heterocycles. The summed E-state index contributed by atoms with van der Waals surface area (Å²) in [6.07, 6.45) is -8.06. The van der Waals surface area contributed by atoms with Crippen molar-refractivity contribution in [3.63, 3.8) is 0 Å². The first kappa shape index (κ1) is 17.7. The number of carboxylic acids is 1. The molecule has 7 heteroatoms. The Hall–Kier alpha value is -1.67. The van der Waals surface area contributed by atoms with Crippen molar-refractivity contribution in [1.82, 2.24) is 0 Å². The molecule has 0 aliphatic carbocycles. The summed E-state index contributed by atoms with van der Waals surface area (Å²) >= 11 is 0. The smallest absolute Gasteiger partial charge is 0.335 e. The fourth-order valence-electron chi connectivity index (χ4n) is 2.32. The fraction of sp³-hybridized carbons (Fsp3) is 0.562. The van der Waals surface area contributed by atoms with Crippen molar-refractivity contribution >= 4 is 5.97 Å². The van der Waals surface area contributed by atoms with Crippen LogP contribution in [0.1, 0.15) is 26.3 Å². The highest BCUT2D eigenvalue weighted by Gasteiger charge is 2.48. The molecule has 1 aromatic rings. The van der Waals surface area contributed by atoms with Crippen LogP contribution in [0.5, 0.6) is 5.75 Å². The topological polar surface area (TPSA) is 116 Å². The van der Waals surface area contributed by atoms with Gasteiger partial charge in [-0.2, -0.15) is 0 Å². The maximum atomic E-state index is 11.1. The summed E-state index contributed by atoms with van der Waals surface area (Å²) in [5.74, 6) is -1.07. The summed E-state index contributed by atoms with van der Waals surface area (Å²) in [5, 5.41) is 38.4. The molecule has 7 nitrogen and oxygen atoms in total. The molecule has 1 fully saturated rings. The molecular formula is C16H22O7. The van der Waals surface area contributed by atoms with Crippen LogP contribution in [0.25, 0.3) is 0 Å². The van der Waals surface area contributed by atoms with Crippen LogP contribution in [0, 0.1) is 0 Å². The highest BCUT2D eigenvalue weighted by Crippen LogP contribution is 2.28. The Kier molecular flexibility index (Phi) is 4.95. The zero-order chi connectivity index (χ0) is 17.4. The number of aliphatic hydroxyl groups excluding tert-OH is 3. The maximum Gasteiger partial charge on any atom is 0.335 e. The summed E-state index contributed by atoms with van der Waals surface area (Å²) in [5.41, 5.74) is 0.862. The predicted octanol–water partition coefficient (Wildman–Crippen LogP) is 0.255. The van der Waals surface area contributed by atoms with Gasteiger partial charge < -0.3 is 29.9 Å². The normalized spacial score (nSPS) is 31.7. The lowest BCUT2D eigenvalue weighted by molar-refractivity contribution is -0.271. The number of aliphatic carboxylic acids is 1. The van der Waals surface area contributed by atoms with Gasteiger partial charge in [0, 0.05) is 0 Å². The Balaban J connectivity index is 2.20. The van der Waals surface area contributed by atoms with Crippen molar-refractivity contribution in [2.24, 2.45) is 0 Å². The summed E-state index contributed by atoms with van der Waals surface area (Å²) < 4.78 is 10.6. The number of ether oxygens (including phenoxy) is 2. The maximum absolute atomic E-state index is 11.1. The first-order chi connectivity index (χ1) is 10.6. The van der Waals surface area contributed by atoms with E-state index in [0.29, 0.717) is 5.75 Å². The molecule has 1 aromatic carbocycles. The monoisotopic (exact) mass is 326 g/mol. The van der Waals surface area contributed by atoms with Gasteiger partial charge in [-0.3, -0.25) is 0 Å². The molecule has 0 radical (unpaired) electrons. The van der Waals surface area contributed by atoms with Gasteiger partial charge in [-0.15, -0.1) is 0 Å². The Bertz CT molecular complexity index is 566. The van der Waals surface area contributed by atoms with Crippen molar-refractivity contribution < 1.29 is 34.7 Å². The summed E-state index contributed by atoms with van der Waals surface area (Å²) in [7, 11) is 0. The van der Waals surface area contributed by atoms with Crippen LogP contribution < -0.4 is 4.74 Å². The second-order valence-corrected chi connectivity index (χ2v) is 6.63. The van der Waals surface area contributed by atoms with Gasteiger partial charge in [0.2, 0.25) is 6.29 Å². The van der Waals surface area contributed by atoms with Gasteiger partial charge in [0.1, 0.15) is 24.1 Å². The van der Waals surface area contributed by atoms with E-state index in [4.69, 9.17) is 14.6 Å². The molecule has 0 bridgehead atoms. The first-order valence-corrected chi connectivity index (χ1v) is 7.31. The minimum atomic E-state index is -1.73. The quantitative estimate of drug-likeness (QED) is 0.629. The van der Waals surface area contributed by atoms with Crippen LogP contribution in [0.4, 0.5) is 0 Å². The largest absolute Gasteiger partial charge is 0.479 e. The molecule has 5 atom stereocenters. The molecule has 5 unspecified atom stereocenters. The molecule has 1 heterocycles. The van der Waals surface area contributed by atoms with Crippen molar-refractivity contribution in [3.8, 4) is 5.75 Å². The predicted molar refractivity (Wildman–Crippen MR) is 80.1 cm³/mol. The van der Waals surface area contributed by atoms with E-state index in [2.05, 4.69) is 0 Å². The van der Waals surface area contributed by atoms with E-state index in [0.717, 1.165) is 5.56 Å². The summed E-state index contributed by atoms with van der Waals surface area (Å²) in [6.45, 7) is 6.08. The summed E-state index contributed by atoms with van der Waals surface area (Å²) in [6, 6.07) is 7.08. The van der Waals surface area contributed by atoms with E-state index < -0.39 is 36.7 Å². The van der Waals surface area contributed by atoms with Gasteiger partial charge in [-0.05, 0) is 23.1 Å². The Morgan fingerprint density at radius 1 is 1.13 bits per heavy atom. The van der Waals surface area contributed by atoms with E-state index in [9.17, 15) is 20.1 Å². The lowest BCUT2D eigenvalue weighted by atomic mass is 9.87. The first-order valence-electron chi connectivity index (χ1n) is 7.31. The lowest BCUT2D eigenvalue weighted by Gasteiger charge is -2.38. The zero-order valence-corrected chi connectivity index (χ0v) is 13.2. The van der Waals surface area contributed by atoms with Crippen molar-refractivity contribution in [2.45, 2.75) is 56.9 Å². The van der Waals surface area contributed by atoms with Crippen LogP contribution in [0.3, 0.4) is 0 Å². The lowest BCUT2D eigenvalue weighted by Crippen LogP contribution is -2.61. The number of hydrogen-bond acceptors (Lipinski definition) is 6. The third-order valence-electron chi connectivity index (χ3n) is 3.77. The second-order valence-electron chi connectivity index (χ2n) is 6.63. The van der Waals surface area contributed by atoms with Crippen molar-refractivity contribution in [2.75, 3.05) is 0 Å². The number of carboxylic acid groups (broad SMARTS) is 1. The van der Waals surface area contributed by atoms with Gasteiger partial charge in [-0.1, -0.05) is 32.9 Å². The van der Waals surface area contributed by atoms with E-state index in [1.165, 1.54) is 0 Å². The minimum absolute atomic E-state index is 0.120. The average molecular weight is 326 g/mol. The third-order valence-corrected chi connectivity index (χ3v) is 3.77. The van der Waals surface area contributed by atoms with Gasteiger partial charge in [-0.25, -0.2) is 4.79 Å². The number of rotatable bonds is 3. The molecular weight excluding hydrogens is 304 g/mol. The highest BCUT2D eigenvalue weighted by atomic mass is 16.7. The van der Waals surface area contributed by atoms with Gasteiger partial charge in [0.05, 0.1) is 0 Å². The third kappa shape index (κ3) is 3.81. The number of benzene rings is 1. The molecule has 1 aliphatic heterocycles. The van der Waals surface area contributed by atoms with E-state index in [-0.39, 0.29) is 5.41 Å². The Morgan fingerprint density at radius 2 is 1.78 bits per heavy atom. The van der Waals surface area contributed by atoms with Crippen molar-refractivity contribution in [3.05, 3.63) is 29.8 Å². The highest BCUT2D eigenvalue weighted by molar-refractivity contribution is 5.73. The SMILES string of the molecule is CC(C)(C)c1cccc(OC2OC(C(=O)O)C(O)C(O)C2O)c1. The molecule has 0 amide bonds. The molecule has 0 aromatic heterocycles. The standard InChI is InChI=1S/C16H22O7/c1-16(2,3)8-5-4-6-9(7-8)22-15-12(19)10(17)11(18)13(23-15)14(20)21/h4-7,10-13,15,17-19H,1-3H3,(H,20,21). The van der Waals surface area contributed by atoms with Gasteiger partial charge >= 0.3 is 5.97 Å². The van der Waals surface area contributed by atoms with E-state index in [1.807, 2.05) is 26.8 Å². The molecule has 128 valence electrons. The van der Waals surface area contributed by atoms with Crippen LogP contribution >= 0.6 is 0 Å². The van der Waals surface area contributed by atoms with E-state index in [1.54, 1.807) is 18.2 Å². The molecule has 1 aliphatic rings.